The molecule has 25 heavy (non-hydrogen) atoms. The molecule has 0 saturated carbocycles. The zero-order chi connectivity index (χ0) is 18.0. The summed E-state index contributed by atoms with van der Waals surface area (Å²) in [6.45, 7) is 4.70. The molecule has 9 nitrogen and oxygen atoms in total. The molecule has 1 aromatic heterocycles. The fraction of sp³-hybridized carbons (Fsp3) is 0.438. The van der Waals surface area contributed by atoms with Crippen molar-refractivity contribution < 1.29 is 23.6 Å². The summed E-state index contributed by atoms with van der Waals surface area (Å²) in [4.78, 5) is 29.4. The van der Waals surface area contributed by atoms with Gasteiger partial charge in [0.25, 0.3) is 0 Å². The minimum absolute atomic E-state index is 0.162. The van der Waals surface area contributed by atoms with Gasteiger partial charge in [-0.3, -0.25) is 14.3 Å². The van der Waals surface area contributed by atoms with Crippen LogP contribution >= 0.6 is 0 Å². The number of anilines is 1. The first-order chi connectivity index (χ1) is 12.0. The number of hydrogen-bond donors (Lipinski definition) is 1. The van der Waals surface area contributed by atoms with Crippen LogP contribution in [0.5, 0.6) is 0 Å². The minimum Gasteiger partial charge on any atom is -0.442 e. The van der Waals surface area contributed by atoms with Crippen LogP contribution in [-0.4, -0.2) is 42.9 Å². The van der Waals surface area contributed by atoms with Gasteiger partial charge in [-0.25, -0.2) is 4.79 Å². The third-order valence-corrected chi connectivity index (χ3v) is 3.92. The van der Waals surface area contributed by atoms with Gasteiger partial charge in [0.1, 0.15) is 13.2 Å². The van der Waals surface area contributed by atoms with E-state index >= 15 is 0 Å². The Balaban J connectivity index is 1.88. The van der Waals surface area contributed by atoms with E-state index in [1.54, 1.807) is 6.07 Å². The van der Waals surface area contributed by atoms with E-state index in [0.717, 1.165) is 5.52 Å². The SMILES string of the molecule is CCn1c(=NOC)oc2cc(N3C[C@H](CNC(C)=O)OC3=O)ccc21. The highest BCUT2D eigenvalue weighted by molar-refractivity contribution is 5.92. The number of carbonyl (C=O) groups is 2. The van der Waals surface area contributed by atoms with Gasteiger partial charge in [0.2, 0.25) is 5.91 Å². The van der Waals surface area contributed by atoms with Gasteiger partial charge < -0.3 is 19.3 Å². The molecule has 134 valence electrons. The predicted octanol–water partition coefficient (Wildman–Crippen LogP) is 1.18. The molecule has 0 aliphatic carbocycles. The molecule has 1 aliphatic rings. The lowest BCUT2D eigenvalue weighted by molar-refractivity contribution is -0.119. The number of benzene rings is 1. The third-order valence-electron chi connectivity index (χ3n) is 3.92. The van der Waals surface area contributed by atoms with Gasteiger partial charge in [-0.1, -0.05) is 0 Å². The molecule has 1 atom stereocenters. The lowest BCUT2D eigenvalue weighted by atomic mass is 10.2. The highest BCUT2D eigenvalue weighted by Crippen LogP contribution is 2.25. The minimum atomic E-state index is -0.452. The molecule has 2 amide bonds. The van der Waals surface area contributed by atoms with E-state index in [4.69, 9.17) is 14.0 Å². The second kappa shape index (κ2) is 6.88. The van der Waals surface area contributed by atoms with E-state index < -0.39 is 6.09 Å². The van der Waals surface area contributed by atoms with Gasteiger partial charge in [-0.15, -0.1) is 0 Å². The van der Waals surface area contributed by atoms with Crippen molar-refractivity contribution in [1.29, 1.82) is 0 Å². The Bertz CT molecular complexity index is 869. The predicted molar refractivity (Wildman–Crippen MR) is 88.7 cm³/mol. The van der Waals surface area contributed by atoms with Crippen LogP contribution in [0.2, 0.25) is 0 Å². The van der Waals surface area contributed by atoms with Crippen LogP contribution in [0.25, 0.3) is 11.1 Å². The molecule has 2 heterocycles. The number of nitrogens with one attached hydrogen (secondary N) is 1. The Morgan fingerprint density at radius 2 is 2.28 bits per heavy atom. The van der Waals surface area contributed by atoms with E-state index in [2.05, 4.69) is 10.5 Å². The van der Waals surface area contributed by atoms with Crippen molar-refractivity contribution in [1.82, 2.24) is 9.88 Å². The summed E-state index contributed by atoms with van der Waals surface area (Å²) in [5.74, 6) is -0.162. The first-order valence-electron chi connectivity index (χ1n) is 7.96. The van der Waals surface area contributed by atoms with Crippen LogP contribution in [0.1, 0.15) is 13.8 Å². The number of amides is 2. The standard InChI is InChI=1S/C16H20N4O5/c1-4-19-13-6-5-11(7-14(13)25-15(19)18-23-3)20-9-12(24-16(20)22)8-17-10(2)21/h5-7,12H,4,8-9H2,1-3H3,(H,17,21)/t12-/m0/s1. The van der Waals surface area contributed by atoms with E-state index in [-0.39, 0.29) is 18.6 Å². The van der Waals surface area contributed by atoms with Gasteiger partial charge in [0.05, 0.1) is 24.3 Å². The molecule has 9 heteroatoms. The molecule has 1 saturated heterocycles. The zero-order valence-electron chi connectivity index (χ0n) is 14.3. The van der Waals surface area contributed by atoms with Crippen LogP contribution in [0.4, 0.5) is 10.5 Å². The lowest BCUT2D eigenvalue weighted by Crippen LogP contribution is -2.33. The highest BCUT2D eigenvalue weighted by atomic mass is 16.6. The van der Waals surface area contributed by atoms with Crippen LogP contribution in [0, 0.1) is 0 Å². The molecule has 0 radical (unpaired) electrons. The van der Waals surface area contributed by atoms with E-state index in [1.165, 1.54) is 18.9 Å². The van der Waals surface area contributed by atoms with E-state index in [0.29, 0.717) is 30.0 Å². The maximum atomic E-state index is 12.1. The van der Waals surface area contributed by atoms with Crippen LogP contribution in [0.15, 0.2) is 27.8 Å². The molecular weight excluding hydrogens is 328 g/mol. The highest BCUT2D eigenvalue weighted by Gasteiger charge is 2.32. The van der Waals surface area contributed by atoms with Crippen molar-refractivity contribution in [2.75, 3.05) is 25.1 Å². The molecule has 1 aromatic carbocycles. The Morgan fingerprint density at radius 1 is 1.48 bits per heavy atom. The topological polar surface area (TPSA) is 98.3 Å². The first kappa shape index (κ1) is 16.9. The number of nitrogens with zero attached hydrogens (tertiary/aromatic N) is 3. The zero-order valence-corrected chi connectivity index (χ0v) is 14.3. The summed E-state index contributed by atoms with van der Waals surface area (Å²) < 4.78 is 12.9. The largest absolute Gasteiger partial charge is 0.442 e. The second-order valence-electron chi connectivity index (χ2n) is 5.61. The summed E-state index contributed by atoms with van der Waals surface area (Å²) in [6.07, 6.45) is -0.838. The number of oxazole rings is 1. The first-order valence-corrected chi connectivity index (χ1v) is 7.96. The second-order valence-corrected chi connectivity index (χ2v) is 5.61. The fourth-order valence-electron chi connectivity index (χ4n) is 2.78. The van der Waals surface area contributed by atoms with Crippen LogP contribution in [0.3, 0.4) is 0 Å². The number of hydrogen-bond acceptors (Lipinski definition) is 6. The Hall–Kier alpha value is -2.97. The van der Waals surface area contributed by atoms with Gasteiger partial charge in [0, 0.05) is 19.5 Å². The summed E-state index contributed by atoms with van der Waals surface area (Å²) in [6, 6.07) is 5.45. The summed E-state index contributed by atoms with van der Waals surface area (Å²) >= 11 is 0. The van der Waals surface area contributed by atoms with Gasteiger partial charge in [-0.05, 0) is 24.2 Å². The average Bonchev–Trinajstić information content (AvgIpc) is 3.12. The number of carbonyl (C=O) groups excluding carboxylic acids is 2. The summed E-state index contributed by atoms with van der Waals surface area (Å²) in [5, 5.41) is 6.51. The Labute approximate surface area is 143 Å². The number of fused-ring (bicyclic) bond motifs is 1. The Kier molecular flexibility index (Phi) is 4.64. The third kappa shape index (κ3) is 3.30. The van der Waals surface area contributed by atoms with Crippen molar-refractivity contribution in [3.05, 3.63) is 23.9 Å². The van der Waals surface area contributed by atoms with Gasteiger partial charge >= 0.3 is 11.8 Å². The molecule has 1 aliphatic heterocycles. The summed E-state index contributed by atoms with van der Waals surface area (Å²) in [5.41, 5.74) is 2.45. The lowest BCUT2D eigenvalue weighted by Gasteiger charge is -2.13. The quantitative estimate of drug-likeness (QED) is 0.818. The number of ether oxygens (including phenoxy) is 1. The van der Waals surface area contributed by atoms with Crippen molar-refractivity contribution in [3.8, 4) is 0 Å². The molecule has 0 bridgehead atoms. The molecule has 1 N–H and O–H groups in total. The molecule has 0 unspecified atom stereocenters. The maximum Gasteiger partial charge on any atom is 0.414 e. The van der Waals surface area contributed by atoms with Crippen molar-refractivity contribution >= 4 is 28.8 Å². The Morgan fingerprint density at radius 3 is 2.96 bits per heavy atom. The van der Waals surface area contributed by atoms with Crippen molar-refractivity contribution in [2.45, 2.75) is 26.5 Å². The van der Waals surface area contributed by atoms with Gasteiger partial charge in [0.15, 0.2) is 5.58 Å². The van der Waals surface area contributed by atoms with E-state index in [1.807, 2.05) is 23.6 Å². The molecule has 3 rings (SSSR count). The van der Waals surface area contributed by atoms with E-state index in [9.17, 15) is 9.59 Å². The molecule has 1 fully saturated rings. The maximum absolute atomic E-state index is 12.1. The average molecular weight is 348 g/mol. The fourth-order valence-corrected chi connectivity index (χ4v) is 2.78. The normalized spacial score (nSPS) is 17.9. The smallest absolute Gasteiger partial charge is 0.414 e. The van der Waals surface area contributed by atoms with Gasteiger partial charge in [-0.2, -0.15) is 0 Å². The summed E-state index contributed by atoms with van der Waals surface area (Å²) in [7, 11) is 1.45. The van der Waals surface area contributed by atoms with Crippen LogP contribution in [-0.2, 0) is 20.9 Å². The van der Waals surface area contributed by atoms with Crippen LogP contribution < -0.4 is 15.9 Å². The van der Waals surface area contributed by atoms with Crippen molar-refractivity contribution in [2.24, 2.45) is 5.16 Å². The monoisotopic (exact) mass is 348 g/mol. The number of cyclic esters (lactones) is 1. The number of aromatic nitrogens is 1. The molecule has 0 spiro atoms. The molecular formula is C16H20N4O5. The van der Waals surface area contributed by atoms with Crippen molar-refractivity contribution in [3.63, 3.8) is 0 Å². The molecule has 2 aromatic rings. The number of aryl methyl sites for hydroxylation is 1. The number of rotatable bonds is 5.